The minimum absolute atomic E-state index is 0.174. The van der Waals surface area contributed by atoms with Crippen LogP contribution < -0.4 is 0 Å². The molecule has 1 atom stereocenters. The van der Waals surface area contributed by atoms with Crippen molar-refractivity contribution in [3.8, 4) is 0 Å². The Bertz CT molecular complexity index is 548. The lowest BCUT2D eigenvalue weighted by Crippen LogP contribution is -2.42. The summed E-state index contributed by atoms with van der Waals surface area (Å²) in [6.07, 6.45) is 3.58. The van der Waals surface area contributed by atoms with Gasteiger partial charge in [0, 0.05) is 19.0 Å². The number of carbonyl (C=O) groups excluding carboxylic acids is 1. The number of hydrogen-bond acceptors (Lipinski definition) is 5. The lowest BCUT2D eigenvalue weighted by molar-refractivity contribution is 0.0197. The first kappa shape index (κ1) is 17.3. The van der Waals surface area contributed by atoms with E-state index in [9.17, 15) is 4.79 Å². The molecule has 1 unspecified atom stereocenters. The SMILES string of the molecule is CSc1nc(Cl)cc(C2CCCN(C(=O)OC(C)(C)C)C2)n1. The molecule has 0 bridgehead atoms. The topological polar surface area (TPSA) is 55.3 Å². The molecule has 0 aliphatic carbocycles. The molecule has 1 aliphatic heterocycles. The average Bonchev–Trinajstić information content (AvgIpc) is 2.45. The maximum absolute atomic E-state index is 12.2. The number of likely N-dealkylation sites (tertiary alicyclic amines) is 1. The van der Waals surface area contributed by atoms with Gasteiger partial charge in [-0.1, -0.05) is 23.4 Å². The van der Waals surface area contributed by atoms with Crippen molar-refractivity contribution in [3.63, 3.8) is 0 Å². The number of halogens is 1. The van der Waals surface area contributed by atoms with E-state index in [-0.39, 0.29) is 12.0 Å². The molecule has 1 saturated heterocycles. The van der Waals surface area contributed by atoms with Crippen molar-refractivity contribution in [1.82, 2.24) is 14.9 Å². The molecule has 2 rings (SSSR count). The first-order valence-electron chi connectivity index (χ1n) is 7.35. The van der Waals surface area contributed by atoms with Gasteiger partial charge in [0.05, 0.1) is 5.69 Å². The second-order valence-corrected chi connectivity index (χ2v) is 7.53. The molecule has 0 radical (unpaired) electrons. The number of aromatic nitrogens is 2. The zero-order valence-corrected chi connectivity index (χ0v) is 15.0. The highest BCUT2D eigenvalue weighted by atomic mass is 35.5. The van der Waals surface area contributed by atoms with E-state index >= 15 is 0 Å². The number of carbonyl (C=O) groups is 1. The first-order valence-corrected chi connectivity index (χ1v) is 8.95. The highest BCUT2D eigenvalue weighted by Crippen LogP contribution is 2.29. The van der Waals surface area contributed by atoms with E-state index in [1.807, 2.05) is 27.0 Å². The molecular weight excluding hydrogens is 322 g/mol. The third-order valence-corrected chi connectivity index (χ3v) is 4.11. The van der Waals surface area contributed by atoms with Crippen LogP contribution in [0.3, 0.4) is 0 Å². The fourth-order valence-electron chi connectivity index (χ4n) is 2.42. The molecule has 1 amide bonds. The molecule has 1 aliphatic rings. The summed E-state index contributed by atoms with van der Waals surface area (Å²) in [6.45, 7) is 6.96. The van der Waals surface area contributed by atoms with Gasteiger partial charge < -0.3 is 9.64 Å². The molecule has 0 aromatic carbocycles. The number of piperidine rings is 1. The Hall–Kier alpha value is -1.01. The van der Waals surface area contributed by atoms with Gasteiger partial charge in [-0.3, -0.25) is 0 Å². The fourth-order valence-corrected chi connectivity index (χ4v) is 3.05. The third-order valence-electron chi connectivity index (χ3n) is 3.37. The van der Waals surface area contributed by atoms with Crippen molar-refractivity contribution in [2.45, 2.75) is 50.3 Å². The highest BCUT2D eigenvalue weighted by molar-refractivity contribution is 7.98. The minimum Gasteiger partial charge on any atom is -0.444 e. The second-order valence-electron chi connectivity index (χ2n) is 6.37. The Morgan fingerprint density at radius 3 is 2.82 bits per heavy atom. The zero-order chi connectivity index (χ0) is 16.3. The Labute approximate surface area is 140 Å². The van der Waals surface area contributed by atoms with Crippen LogP contribution >= 0.6 is 23.4 Å². The van der Waals surface area contributed by atoms with Crippen LogP contribution in [-0.2, 0) is 4.74 Å². The lowest BCUT2D eigenvalue weighted by Gasteiger charge is -2.34. The summed E-state index contributed by atoms with van der Waals surface area (Å²) in [5.41, 5.74) is 0.423. The Balaban J connectivity index is 2.10. The molecular formula is C15H22ClN3O2S. The molecule has 5 nitrogen and oxygen atoms in total. The van der Waals surface area contributed by atoms with Crippen LogP contribution in [0.25, 0.3) is 0 Å². The average molecular weight is 344 g/mol. The van der Waals surface area contributed by atoms with Gasteiger partial charge >= 0.3 is 6.09 Å². The van der Waals surface area contributed by atoms with Crippen LogP contribution in [0.2, 0.25) is 5.15 Å². The molecule has 0 N–H and O–H groups in total. The monoisotopic (exact) mass is 343 g/mol. The Morgan fingerprint density at radius 2 is 2.18 bits per heavy atom. The molecule has 1 aromatic rings. The highest BCUT2D eigenvalue weighted by Gasteiger charge is 2.29. The van der Waals surface area contributed by atoms with Crippen LogP contribution in [0.15, 0.2) is 11.2 Å². The Morgan fingerprint density at radius 1 is 1.45 bits per heavy atom. The van der Waals surface area contributed by atoms with Gasteiger partial charge in [0.2, 0.25) is 0 Å². The van der Waals surface area contributed by atoms with E-state index in [1.165, 1.54) is 11.8 Å². The van der Waals surface area contributed by atoms with Gasteiger partial charge in [-0.2, -0.15) is 0 Å². The summed E-state index contributed by atoms with van der Waals surface area (Å²) >= 11 is 7.53. The standard InChI is InChI=1S/C15H22ClN3O2S/c1-15(2,3)21-14(20)19-7-5-6-10(9-19)11-8-12(16)18-13(17-11)22-4/h8,10H,5-7,9H2,1-4H3. The molecule has 0 saturated carbocycles. The number of amides is 1. The molecule has 2 heterocycles. The van der Waals surface area contributed by atoms with E-state index in [0.29, 0.717) is 16.9 Å². The van der Waals surface area contributed by atoms with E-state index in [2.05, 4.69) is 9.97 Å². The number of hydrogen-bond donors (Lipinski definition) is 0. The summed E-state index contributed by atoms with van der Waals surface area (Å²) in [7, 11) is 0. The minimum atomic E-state index is -0.478. The summed E-state index contributed by atoms with van der Waals surface area (Å²) in [4.78, 5) is 22.7. The van der Waals surface area contributed by atoms with Crippen molar-refractivity contribution in [2.24, 2.45) is 0 Å². The van der Waals surface area contributed by atoms with Crippen LogP contribution in [0, 0.1) is 0 Å². The third kappa shape index (κ3) is 4.74. The van der Waals surface area contributed by atoms with Crippen molar-refractivity contribution in [1.29, 1.82) is 0 Å². The summed E-state index contributed by atoms with van der Waals surface area (Å²) < 4.78 is 5.45. The van der Waals surface area contributed by atoms with Crippen LogP contribution in [0.5, 0.6) is 0 Å². The van der Waals surface area contributed by atoms with Crippen molar-refractivity contribution < 1.29 is 9.53 Å². The largest absolute Gasteiger partial charge is 0.444 e. The van der Waals surface area contributed by atoms with Gasteiger partial charge in [-0.15, -0.1) is 0 Å². The van der Waals surface area contributed by atoms with Crippen molar-refractivity contribution in [3.05, 3.63) is 16.9 Å². The fraction of sp³-hybridized carbons (Fsp3) is 0.667. The maximum Gasteiger partial charge on any atom is 0.410 e. The Kier molecular flexibility index (Phi) is 5.55. The van der Waals surface area contributed by atoms with Crippen molar-refractivity contribution >= 4 is 29.5 Å². The summed E-state index contributed by atoms with van der Waals surface area (Å²) in [6, 6.07) is 1.80. The van der Waals surface area contributed by atoms with Crippen molar-refractivity contribution in [2.75, 3.05) is 19.3 Å². The van der Waals surface area contributed by atoms with E-state index in [1.54, 1.807) is 11.0 Å². The molecule has 22 heavy (non-hydrogen) atoms. The maximum atomic E-state index is 12.2. The lowest BCUT2D eigenvalue weighted by atomic mass is 9.95. The molecule has 7 heteroatoms. The molecule has 1 fully saturated rings. The quantitative estimate of drug-likeness (QED) is 0.462. The predicted octanol–water partition coefficient (Wildman–Crippen LogP) is 3.97. The van der Waals surface area contributed by atoms with Crippen LogP contribution in [0.4, 0.5) is 4.79 Å². The van der Waals surface area contributed by atoms with Gasteiger partial charge in [0.1, 0.15) is 10.8 Å². The molecule has 122 valence electrons. The second kappa shape index (κ2) is 7.04. The molecule has 1 aromatic heterocycles. The number of ether oxygens (including phenoxy) is 1. The van der Waals surface area contributed by atoms with Gasteiger partial charge in [0.15, 0.2) is 5.16 Å². The first-order chi connectivity index (χ1) is 10.3. The van der Waals surface area contributed by atoms with Crippen LogP contribution in [0.1, 0.15) is 45.2 Å². The summed E-state index contributed by atoms with van der Waals surface area (Å²) in [5, 5.41) is 1.11. The number of thioether (sulfide) groups is 1. The smallest absolute Gasteiger partial charge is 0.410 e. The van der Waals surface area contributed by atoms with Gasteiger partial charge in [-0.05, 0) is 45.9 Å². The van der Waals surface area contributed by atoms with Gasteiger partial charge in [0.25, 0.3) is 0 Å². The predicted molar refractivity (Wildman–Crippen MR) is 88.6 cm³/mol. The van der Waals surface area contributed by atoms with E-state index in [0.717, 1.165) is 25.1 Å². The van der Waals surface area contributed by atoms with E-state index in [4.69, 9.17) is 16.3 Å². The normalized spacial score (nSPS) is 19.1. The number of nitrogens with zero attached hydrogens (tertiary/aromatic N) is 3. The summed E-state index contributed by atoms with van der Waals surface area (Å²) in [5.74, 6) is 0.174. The number of rotatable bonds is 2. The van der Waals surface area contributed by atoms with Crippen LogP contribution in [-0.4, -0.2) is 45.9 Å². The molecule has 0 spiro atoms. The van der Waals surface area contributed by atoms with Gasteiger partial charge in [-0.25, -0.2) is 14.8 Å². The van der Waals surface area contributed by atoms with E-state index < -0.39 is 5.60 Å². The zero-order valence-electron chi connectivity index (χ0n) is 13.4.